The van der Waals surface area contributed by atoms with E-state index < -0.39 is 0 Å². The molecule has 1 amide bonds. The zero-order chi connectivity index (χ0) is 15.5. The van der Waals surface area contributed by atoms with Crippen LogP contribution >= 0.6 is 11.3 Å². The Balaban J connectivity index is 1.52. The molecule has 3 rings (SSSR count). The van der Waals surface area contributed by atoms with E-state index in [9.17, 15) is 4.79 Å². The van der Waals surface area contributed by atoms with Gasteiger partial charge in [0.2, 0.25) is 5.91 Å². The van der Waals surface area contributed by atoms with Crippen molar-refractivity contribution < 1.29 is 4.79 Å². The number of anilines is 1. The van der Waals surface area contributed by atoms with Crippen LogP contribution in [0.2, 0.25) is 0 Å². The molecule has 0 saturated heterocycles. The van der Waals surface area contributed by atoms with Gasteiger partial charge in [-0.15, -0.1) is 11.3 Å². The second kappa shape index (κ2) is 6.54. The molecule has 2 aromatic heterocycles. The van der Waals surface area contributed by atoms with Gasteiger partial charge in [-0.1, -0.05) is 6.07 Å². The maximum Gasteiger partial charge on any atom is 0.239 e. The molecule has 0 spiro atoms. The standard InChI is InChI=1S/C16H20N4OS/c1-11-5-3-8-14(17-11)19-15(21)9-20(2)10-16-18-12-6-4-7-13(12)22-16/h3,5,8H,4,6-7,9-10H2,1-2H3,(H,17,19,21). The number of carbonyl (C=O) groups is 1. The Labute approximate surface area is 134 Å². The van der Waals surface area contributed by atoms with Gasteiger partial charge < -0.3 is 5.32 Å². The summed E-state index contributed by atoms with van der Waals surface area (Å²) < 4.78 is 0. The van der Waals surface area contributed by atoms with Crippen LogP contribution in [0, 0.1) is 6.92 Å². The molecule has 0 fully saturated rings. The predicted molar refractivity (Wildman–Crippen MR) is 88.1 cm³/mol. The van der Waals surface area contributed by atoms with Crippen molar-refractivity contribution in [3.63, 3.8) is 0 Å². The van der Waals surface area contributed by atoms with Crippen LogP contribution in [0.25, 0.3) is 0 Å². The molecule has 2 heterocycles. The molecule has 2 aromatic rings. The molecular weight excluding hydrogens is 296 g/mol. The summed E-state index contributed by atoms with van der Waals surface area (Å²) in [7, 11) is 1.94. The number of fused-ring (bicyclic) bond motifs is 1. The first-order chi connectivity index (χ1) is 10.6. The second-order valence-electron chi connectivity index (χ2n) is 5.72. The number of nitrogens with zero attached hydrogens (tertiary/aromatic N) is 3. The van der Waals surface area contributed by atoms with Crippen molar-refractivity contribution in [3.8, 4) is 0 Å². The summed E-state index contributed by atoms with van der Waals surface area (Å²) in [6.07, 6.45) is 3.50. The van der Waals surface area contributed by atoms with E-state index in [0.717, 1.165) is 23.5 Å². The van der Waals surface area contributed by atoms with Crippen molar-refractivity contribution in [1.82, 2.24) is 14.9 Å². The summed E-state index contributed by atoms with van der Waals surface area (Å²) in [6.45, 7) is 2.95. The Morgan fingerprint density at radius 2 is 2.23 bits per heavy atom. The summed E-state index contributed by atoms with van der Waals surface area (Å²) in [6, 6.07) is 5.60. The van der Waals surface area contributed by atoms with Crippen LogP contribution in [-0.4, -0.2) is 34.4 Å². The topological polar surface area (TPSA) is 58.1 Å². The Hall–Kier alpha value is -1.79. The minimum atomic E-state index is -0.0512. The SMILES string of the molecule is Cc1cccc(NC(=O)CN(C)Cc2nc3c(s2)CCC3)n1. The van der Waals surface area contributed by atoms with Gasteiger partial charge in [-0.05, 0) is 45.4 Å². The minimum Gasteiger partial charge on any atom is -0.310 e. The molecular formula is C16H20N4OS. The molecule has 0 bridgehead atoms. The molecule has 1 N–H and O–H groups in total. The first-order valence-corrected chi connectivity index (χ1v) is 8.31. The average molecular weight is 316 g/mol. The van der Waals surface area contributed by atoms with Gasteiger partial charge in [0.15, 0.2) is 0 Å². The quantitative estimate of drug-likeness (QED) is 0.920. The van der Waals surface area contributed by atoms with E-state index in [1.807, 2.05) is 31.0 Å². The monoisotopic (exact) mass is 316 g/mol. The minimum absolute atomic E-state index is 0.0512. The van der Waals surface area contributed by atoms with Gasteiger partial charge in [0.05, 0.1) is 18.8 Å². The van der Waals surface area contributed by atoms with Gasteiger partial charge in [-0.25, -0.2) is 9.97 Å². The zero-order valence-corrected chi connectivity index (χ0v) is 13.7. The van der Waals surface area contributed by atoms with E-state index in [1.165, 1.54) is 17.0 Å². The highest BCUT2D eigenvalue weighted by atomic mass is 32.1. The number of carbonyl (C=O) groups excluding carboxylic acids is 1. The van der Waals surface area contributed by atoms with Crippen LogP contribution in [0.3, 0.4) is 0 Å². The third-order valence-corrected chi connectivity index (χ3v) is 4.76. The van der Waals surface area contributed by atoms with Crippen molar-refractivity contribution in [3.05, 3.63) is 39.5 Å². The summed E-state index contributed by atoms with van der Waals surface area (Å²) in [5.74, 6) is 0.552. The van der Waals surface area contributed by atoms with E-state index in [0.29, 0.717) is 18.9 Å². The number of pyridine rings is 1. The fourth-order valence-electron chi connectivity index (χ4n) is 2.64. The van der Waals surface area contributed by atoms with Gasteiger partial charge in [-0.2, -0.15) is 0 Å². The summed E-state index contributed by atoms with van der Waals surface area (Å²) in [5, 5.41) is 3.93. The number of amides is 1. The van der Waals surface area contributed by atoms with E-state index in [2.05, 4.69) is 15.3 Å². The van der Waals surface area contributed by atoms with Crippen LogP contribution < -0.4 is 5.32 Å². The highest BCUT2D eigenvalue weighted by Crippen LogP contribution is 2.27. The summed E-state index contributed by atoms with van der Waals surface area (Å²) in [4.78, 5) is 24.4. The number of likely N-dealkylation sites (N-methyl/N-ethyl adjacent to an activating group) is 1. The third-order valence-electron chi connectivity index (χ3n) is 3.61. The van der Waals surface area contributed by atoms with Crippen LogP contribution in [0.1, 0.15) is 27.7 Å². The lowest BCUT2D eigenvalue weighted by molar-refractivity contribution is -0.117. The molecule has 6 heteroatoms. The normalized spacial score (nSPS) is 13.4. The third kappa shape index (κ3) is 3.69. The maximum absolute atomic E-state index is 12.1. The molecule has 0 aromatic carbocycles. The molecule has 116 valence electrons. The Kier molecular flexibility index (Phi) is 4.49. The van der Waals surface area contributed by atoms with Crippen molar-refractivity contribution in [2.75, 3.05) is 18.9 Å². The largest absolute Gasteiger partial charge is 0.310 e. The lowest BCUT2D eigenvalue weighted by Crippen LogP contribution is -2.30. The lowest BCUT2D eigenvalue weighted by Gasteiger charge is -2.14. The number of aromatic nitrogens is 2. The van der Waals surface area contributed by atoms with Gasteiger partial charge in [0.1, 0.15) is 10.8 Å². The molecule has 0 atom stereocenters. The first-order valence-electron chi connectivity index (χ1n) is 7.49. The zero-order valence-electron chi connectivity index (χ0n) is 12.9. The number of thiazole rings is 1. The molecule has 5 nitrogen and oxygen atoms in total. The van der Waals surface area contributed by atoms with Crippen molar-refractivity contribution in [2.45, 2.75) is 32.7 Å². The van der Waals surface area contributed by atoms with Gasteiger partial charge in [-0.3, -0.25) is 9.69 Å². The Morgan fingerprint density at radius 3 is 3.00 bits per heavy atom. The van der Waals surface area contributed by atoms with Gasteiger partial charge in [0.25, 0.3) is 0 Å². The molecule has 1 aliphatic rings. The molecule has 22 heavy (non-hydrogen) atoms. The lowest BCUT2D eigenvalue weighted by atomic mass is 10.3. The van der Waals surface area contributed by atoms with Crippen molar-refractivity contribution in [1.29, 1.82) is 0 Å². The predicted octanol–water partition coefficient (Wildman–Crippen LogP) is 2.41. The van der Waals surface area contributed by atoms with E-state index in [1.54, 1.807) is 17.4 Å². The van der Waals surface area contributed by atoms with Crippen molar-refractivity contribution >= 4 is 23.1 Å². The number of hydrogen-bond donors (Lipinski definition) is 1. The highest BCUT2D eigenvalue weighted by Gasteiger charge is 2.18. The molecule has 0 radical (unpaired) electrons. The van der Waals surface area contributed by atoms with Crippen LogP contribution in [-0.2, 0) is 24.2 Å². The van der Waals surface area contributed by atoms with Crippen LogP contribution in [0.4, 0.5) is 5.82 Å². The van der Waals surface area contributed by atoms with Crippen LogP contribution in [0.15, 0.2) is 18.2 Å². The van der Waals surface area contributed by atoms with Crippen LogP contribution in [0.5, 0.6) is 0 Å². The number of hydrogen-bond acceptors (Lipinski definition) is 5. The molecule has 1 aliphatic carbocycles. The summed E-state index contributed by atoms with van der Waals surface area (Å²) in [5.41, 5.74) is 2.16. The smallest absolute Gasteiger partial charge is 0.239 e. The number of nitrogens with one attached hydrogen (secondary N) is 1. The fraction of sp³-hybridized carbons (Fsp3) is 0.438. The Morgan fingerprint density at radius 1 is 1.36 bits per heavy atom. The average Bonchev–Trinajstić information content (AvgIpc) is 2.98. The van der Waals surface area contributed by atoms with Gasteiger partial charge >= 0.3 is 0 Å². The van der Waals surface area contributed by atoms with Gasteiger partial charge in [0, 0.05) is 10.6 Å². The second-order valence-corrected chi connectivity index (χ2v) is 6.88. The van der Waals surface area contributed by atoms with E-state index in [-0.39, 0.29) is 5.91 Å². The van der Waals surface area contributed by atoms with E-state index >= 15 is 0 Å². The first kappa shape index (κ1) is 15.1. The molecule has 0 unspecified atom stereocenters. The molecule has 0 aliphatic heterocycles. The Bertz CT molecular complexity index is 661. The maximum atomic E-state index is 12.1. The number of rotatable bonds is 5. The summed E-state index contributed by atoms with van der Waals surface area (Å²) >= 11 is 1.79. The van der Waals surface area contributed by atoms with Crippen molar-refractivity contribution in [2.24, 2.45) is 0 Å². The number of aryl methyl sites for hydroxylation is 3. The fourth-order valence-corrected chi connectivity index (χ4v) is 3.88. The highest BCUT2D eigenvalue weighted by molar-refractivity contribution is 7.11. The molecule has 0 saturated carbocycles. The van der Waals surface area contributed by atoms with E-state index in [4.69, 9.17) is 0 Å².